The van der Waals surface area contributed by atoms with Crippen molar-refractivity contribution in [3.8, 4) is 0 Å². The molecule has 4 nitrogen and oxygen atoms in total. The van der Waals surface area contributed by atoms with E-state index in [1.165, 1.54) is 23.9 Å². The first-order chi connectivity index (χ1) is 10.7. The lowest BCUT2D eigenvalue weighted by Crippen LogP contribution is -2.34. The van der Waals surface area contributed by atoms with Gasteiger partial charge in [0, 0.05) is 30.7 Å². The Morgan fingerprint density at radius 1 is 1.32 bits per heavy atom. The third-order valence-electron chi connectivity index (χ3n) is 3.05. The van der Waals surface area contributed by atoms with Crippen LogP contribution in [-0.4, -0.2) is 36.8 Å². The van der Waals surface area contributed by atoms with Gasteiger partial charge in [0.1, 0.15) is 5.82 Å². The highest BCUT2D eigenvalue weighted by Gasteiger charge is 2.14. The Morgan fingerprint density at radius 3 is 2.73 bits per heavy atom. The molecular weight excluding hydrogens is 305 g/mol. The maximum atomic E-state index is 12.9. The van der Waals surface area contributed by atoms with E-state index in [4.69, 9.17) is 9.15 Å². The molecule has 0 fully saturated rings. The van der Waals surface area contributed by atoms with Crippen molar-refractivity contribution < 1.29 is 18.3 Å². The van der Waals surface area contributed by atoms with Gasteiger partial charge in [-0.05, 0) is 30.3 Å². The molecule has 0 bridgehead atoms. The molecule has 1 aromatic carbocycles. The summed E-state index contributed by atoms with van der Waals surface area (Å²) in [6.45, 7) is 1.48. The van der Waals surface area contributed by atoms with E-state index in [-0.39, 0.29) is 11.7 Å². The fraction of sp³-hybridized carbons (Fsp3) is 0.312. The van der Waals surface area contributed by atoms with E-state index >= 15 is 0 Å². The largest absolute Gasteiger partial charge is 0.472 e. The van der Waals surface area contributed by atoms with Crippen molar-refractivity contribution in [3.05, 3.63) is 54.2 Å². The van der Waals surface area contributed by atoms with E-state index in [0.29, 0.717) is 25.4 Å². The van der Waals surface area contributed by atoms with Crippen LogP contribution in [0.3, 0.4) is 0 Å². The molecule has 1 heterocycles. The van der Waals surface area contributed by atoms with Crippen LogP contribution in [0.4, 0.5) is 4.39 Å². The molecule has 118 valence electrons. The average molecular weight is 323 g/mol. The first kappa shape index (κ1) is 16.6. The van der Waals surface area contributed by atoms with Crippen molar-refractivity contribution in [3.63, 3.8) is 0 Å². The summed E-state index contributed by atoms with van der Waals surface area (Å²) in [4.78, 5) is 15.0. The molecule has 0 aliphatic rings. The predicted octanol–water partition coefficient (Wildman–Crippen LogP) is 3.19. The van der Waals surface area contributed by atoms with E-state index in [2.05, 4.69) is 0 Å². The van der Waals surface area contributed by atoms with Crippen LogP contribution >= 0.6 is 11.8 Å². The molecule has 0 spiro atoms. The van der Waals surface area contributed by atoms with E-state index in [0.717, 1.165) is 10.5 Å². The van der Waals surface area contributed by atoms with Gasteiger partial charge in [0.2, 0.25) is 5.91 Å². The zero-order valence-electron chi connectivity index (χ0n) is 12.3. The zero-order valence-corrected chi connectivity index (χ0v) is 13.1. The molecule has 0 unspecified atom stereocenters. The molecule has 2 aromatic rings. The van der Waals surface area contributed by atoms with Crippen molar-refractivity contribution in [2.45, 2.75) is 11.4 Å². The number of benzene rings is 1. The molecule has 1 aromatic heterocycles. The van der Waals surface area contributed by atoms with Crippen LogP contribution in [0, 0.1) is 5.82 Å². The van der Waals surface area contributed by atoms with E-state index in [1.54, 1.807) is 36.7 Å². The van der Waals surface area contributed by atoms with Crippen molar-refractivity contribution >= 4 is 17.7 Å². The number of hydrogen-bond acceptors (Lipinski definition) is 4. The second-order valence-electron chi connectivity index (χ2n) is 4.68. The van der Waals surface area contributed by atoms with Crippen LogP contribution < -0.4 is 0 Å². The Hall–Kier alpha value is -1.79. The van der Waals surface area contributed by atoms with Gasteiger partial charge in [0.25, 0.3) is 0 Å². The minimum absolute atomic E-state index is 0.00701. The summed E-state index contributed by atoms with van der Waals surface area (Å²) in [7, 11) is 1.60. The number of amides is 1. The van der Waals surface area contributed by atoms with Crippen LogP contribution in [-0.2, 0) is 16.1 Å². The van der Waals surface area contributed by atoms with Crippen LogP contribution in [0.5, 0.6) is 0 Å². The molecule has 0 aliphatic carbocycles. The van der Waals surface area contributed by atoms with Gasteiger partial charge in [0.05, 0.1) is 24.9 Å². The molecule has 1 amide bonds. The maximum Gasteiger partial charge on any atom is 0.233 e. The number of carbonyl (C=O) groups excluding carboxylic acids is 1. The van der Waals surface area contributed by atoms with Gasteiger partial charge in [-0.3, -0.25) is 4.79 Å². The molecule has 6 heteroatoms. The normalized spacial score (nSPS) is 10.6. The molecule has 0 N–H and O–H groups in total. The number of halogens is 1. The second-order valence-corrected chi connectivity index (χ2v) is 5.73. The summed E-state index contributed by atoms with van der Waals surface area (Å²) in [5, 5.41) is 0. The van der Waals surface area contributed by atoms with Crippen LogP contribution in [0.1, 0.15) is 5.56 Å². The van der Waals surface area contributed by atoms with Crippen molar-refractivity contribution in [2.75, 3.05) is 26.0 Å². The maximum absolute atomic E-state index is 12.9. The lowest BCUT2D eigenvalue weighted by atomic mass is 10.3. The minimum atomic E-state index is -0.280. The highest BCUT2D eigenvalue weighted by Crippen LogP contribution is 2.19. The van der Waals surface area contributed by atoms with Gasteiger partial charge < -0.3 is 14.1 Å². The monoisotopic (exact) mass is 323 g/mol. The quantitative estimate of drug-likeness (QED) is 0.700. The topological polar surface area (TPSA) is 42.7 Å². The number of methoxy groups -OCH3 is 1. The third kappa shape index (κ3) is 5.20. The Balaban J connectivity index is 1.91. The Labute approximate surface area is 133 Å². The molecule has 22 heavy (non-hydrogen) atoms. The molecule has 0 saturated carbocycles. The fourth-order valence-corrected chi connectivity index (χ4v) is 2.66. The predicted molar refractivity (Wildman–Crippen MR) is 83.1 cm³/mol. The SMILES string of the molecule is COCCN(Cc1ccoc1)C(=O)CSc1ccc(F)cc1. The summed E-state index contributed by atoms with van der Waals surface area (Å²) in [5.74, 6) is 0.0256. The second kappa shape index (κ2) is 8.60. The molecule has 2 rings (SSSR count). The summed E-state index contributed by atoms with van der Waals surface area (Å²) in [5.41, 5.74) is 0.941. The van der Waals surface area contributed by atoms with Crippen LogP contribution in [0.2, 0.25) is 0 Å². The first-order valence-electron chi connectivity index (χ1n) is 6.85. The number of rotatable bonds is 8. The molecule has 0 radical (unpaired) electrons. The summed E-state index contributed by atoms with van der Waals surface area (Å²) >= 11 is 1.39. The smallest absolute Gasteiger partial charge is 0.233 e. The van der Waals surface area contributed by atoms with Gasteiger partial charge in [-0.25, -0.2) is 4.39 Å². The summed E-state index contributed by atoms with van der Waals surface area (Å²) < 4.78 is 22.9. The van der Waals surface area contributed by atoms with E-state index < -0.39 is 0 Å². The van der Waals surface area contributed by atoms with Gasteiger partial charge >= 0.3 is 0 Å². The van der Waals surface area contributed by atoms with E-state index in [1.807, 2.05) is 6.07 Å². The molecular formula is C16H18FNO3S. The Morgan fingerprint density at radius 2 is 2.09 bits per heavy atom. The third-order valence-corrected chi connectivity index (χ3v) is 4.04. The van der Waals surface area contributed by atoms with Gasteiger partial charge in [-0.2, -0.15) is 0 Å². The molecule has 0 saturated heterocycles. The molecule has 0 aliphatic heterocycles. The zero-order chi connectivity index (χ0) is 15.8. The first-order valence-corrected chi connectivity index (χ1v) is 7.84. The lowest BCUT2D eigenvalue weighted by Gasteiger charge is -2.21. The fourth-order valence-electron chi connectivity index (χ4n) is 1.86. The van der Waals surface area contributed by atoms with Gasteiger partial charge in [-0.1, -0.05) is 0 Å². The van der Waals surface area contributed by atoms with Crippen molar-refractivity contribution in [1.82, 2.24) is 4.90 Å². The van der Waals surface area contributed by atoms with Crippen molar-refractivity contribution in [1.29, 1.82) is 0 Å². The average Bonchev–Trinajstić information content (AvgIpc) is 3.03. The van der Waals surface area contributed by atoms with Gasteiger partial charge in [-0.15, -0.1) is 11.8 Å². The Kier molecular flexibility index (Phi) is 6.48. The highest BCUT2D eigenvalue weighted by atomic mass is 32.2. The summed E-state index contributed by atoms with van der Waals surface area (Å²) in [6.07, 6.45) is 3.21. The standard InChI is InChI=1S/C16H18FNO3S/c1-20-9-7-18(10-13-6-8-21-11-13)16(19)12-22-15-4-2-14(17)3-5-15/h2-6,8,11H,7,9-10,12H2,1H3. The molecule has 0 atom stereocenters. The summed E-state index contributed by atoms with van der Waals surface area (Å²) in [6, 6.07) is 7.95. The Bertz CT molecular complexity index is 572. The lowest BCUT2D eigenvalue weighted by molar-refractivity contribution is -0.129. The minimum Gasteiger partial charge on any atom is -0.472 e. The number of nitrogens with zero attached hydrogens (tertiary/aromatic N) is 1. The highest BCUT2D eigenvalue weighted by molar-refractivity contribution is 8.00. The van der Waals surface area contributed by atoms with Crippen LogP contribution in [0.15, 0.2) is 52.2 Å². The number of hydrogen-bond donors (Lipinski definition) is 0. The number of furan rings is 1. The van der Waals surface area contributed by atoms with Gasteiger partial charge in [0.15, 0.2) is 0 Å². The van der Waals surface area contributed by atoms with Crippen molar-refractivity contribution in [2.24, 2.45) is 0 Å². The van der Waals surface area contributed by atoms with E-state index in [9.17, 15) is 9.18 Å². The number of thioether (sulfide) groups is 1. The number of carbonyl (C=O) groups is 1. The number of ether oxygens (including phenoxy) is 1. The van der Waals surface area contributed by atoms with Crippen LogP contribution in [0.25, 0.3) is 0 Å².